The molecule has 14 nitrogen and oxygen atoms in total. The van der Waals surface area contributed by atoms with Gasteiger partial charge in [-0.25, -0.2) is 18.2 Å². The largest absolute Gasteiger partial charge is 0.488 e. The number of primary amides is 1. The van der Waals surface area contributed by atoms with Crippen molar-refractivity contribution in [3.63, 3.8) is 0 Å². The van der Waals surface area contributed by atoms with Gasteiger partial charge >= 0.3 is 6.09 Å². The first kappa shape index (κ1) is 39.8. The van der Waals surface area contributed by atoms with Crippen LogP contribution in [0.25, 0.3) is 16.7 Å². The van der Waals surface area contributed by atoms with Gasteiger partial charge in [0, 0.05) is 24.1 Å². The van der Waals surface area contributed by atoms with E-state index in [1.54, 1.807) is 34.0 Å². The van der Waals surface area contributed by atoms with Crippen molar-refractivity contribution >= 4 is 44.9 Å². The Hall–Kier alpha value is -4.92. The topological polar surface area (TPSA) is 192 Å². The van der Waals surface area contributed by atoms with E-state index in [2.05, 4.69) is 15.0 Å². The number of amides is 4. The smallest absolute Gasteiger partial charge is 0.408 e. The van der Waals surface area contributed by atoms with Gasteiger partial charge in [-0.2, -0.15) is 0 Å². The van der Waals surface area contributed by atoms with Gasteiger partial charge in [0.25, 0.3) is 0 Å². The van der Waals surface area contributed by atoms with E-state index in [-0.39, 0.29) is 24.8 Å². The Morgan fingerprint density at radius 3 is 2.49 bits per heavy atom. The van der Waals surface area contributed by atoms with Gasteiger partial charge in [0.15, 0.2) is 0 Å². The van der Waals surface area contributed by atoms with Gasteiger partial charge in [-0.1, -0.05) is 43.2 Å². The molecule has 2 heterocycles. The van der Waals surface area contributed by atoms with Gasteiger partial charge in [-0.3, -0.25) is 23.7 Å². The first-order chi connectivity index (χ1) is 26.0. The molecule has 5 atom stereocenters. The number of carbonyl (C=O) groups excluding carboxylic acids is 4. The summed E-state index contributed by atoms with van der Waals surface area (Å²) in [4.78, 5) is 57.9. The van der Waals surface area contributed by atoms with Gasteiger partial charge in [0.05, 0.1) is 22.3 Å². The minimum atomic E-state index is -3.64. The fraction of sp³-hybridized carbons (Fsp3) is 0.525. The Kier molecular flexibility index (Phi) is 11.6. The fourth-order valence-electron chi connectivity index (χ4n) is 6.92. The Balaban J connectivity index is 1.02. The molecule has 2 saturated carbocycles. The summed E-state index contributed by atoms with van der Waals surface area (Å²) in [5, 5.41) is 2.73. The van der Waals surface area contributed by atoms with Crippen LogP contribution in [0.5, 0.6) is 5.75 Å². The molecule has 2 aromatic carbocycles. The standard InChI is InChI=1S/C40H52N6O8S/c1-39(2,3)54-38(50)43-31(16-12-7-5-6-9-13-26-21-30(26)36(48)44-55(51,52)40(4)19-20-40)37(49)45-24-29(23-34(45)35(41)47)53-28-17-18-33-32(22-28)42-25-46(33)27-14-10-8-11-15-27/h8-11,13-15,17-18,22,25-26,29-31,34H,5-7,12,16,19-21,23-24H2,1-4H3,(H2,41,47)(H,43,50)(H,44,48)/b13-9-/t26?,29-,30+,31+,34+/m1/s1. The number of imidazole rings is 1. The molecule has 3 fully saturated rings. The highest BCUT2D eigenvalue weighted by Crippen LogP contribution is 2.44. The Morgan fingerprint density at radius 2 is 1.80 bits per heavy atom. The third kappa shape index (κ3) is 9.85. The Morgan fingerprint density at radius 1 is 1.05 bits per heavy atom. The molecule has 1 aliphatic heterocycles. The van der Waals surface area contributed by atoms with Gasteiger partial charge in [-0.15, -0.1) is 0 Å². The number of benzene rings is 2. The molecule has 15 heteroatoms. The van der Waals surface area contributed by atoms with Crippen molar-refractivity contribution in [2.75, 3.05) is 6.54 Å². The molecule has 1 unspecified atom stereocenters. The lowest BCUT2D eigenvalue weighted by molar-refractivity contribution is -0.139. The number of hydrogen-bond acceptors (Lipinski definition) is 9. The molecule has 0 bridgehead atoms. The maximum Gasteiger partial charge on any atom is 0.408 e. The zero-order valence-corrected chi connectivity index (χ0v) is 32.7. The number of likely N-dealkylation sites (tertiary alicyclic amines) is 1. The van der Waals surface area contributed by atoms with Crippen LogP contribution < -0.4 is 20.5 Å². The highest BCUT2D eigenvalue weighted by atomic mass is 32.2. The molecular formula is C40H52N6O8S. The molecule has 2 aliphatic carbocycles. The summed E-state index contributed by atoms with van der Waals surface area (Å²) in [6.07, 6.45) is 9.64. The molecule has 3 aliphatic rings. The highest BCUT2D eigenvalue weighted by molar-refractivity contribution is 7.91. The number of aromatic nitrogens is 2. The molecule has 0 spiro atoms. The van der Waals surface area contributed by atoms with Crippen LogP contribution in [0, 0.1) is 11.8 Å². The molecule has 55 heavy (non-hydrogen) atoms. The van der Waals surface area contributed by atoms with E-state index in [4.69, 9.17) is 15.2 Å². The second-order valence-electron chi connectivity index (χ2n) is 16.2. The van der Waals surface area contributed by atoms with Crippen LogP contribution in [0.1, 0.15) is 85.5 Å². The summed E-state index contributed by atoms with van der Waals surface area (Å²) in [5.74, 6) is -1.29. The lowest BCUT2D eigenvalue weighted by atomic mass is 10.0. The molecule has 3 aromatic rings. The number of unbranched alkanes of at least 4 members (excludes halogenated alkanes) is 3. The maximum atomic E-state index is 14.0. The van der Waals surface area contributed by atoms with E-state index >= 15 is 0 Å². The van der Waals surface area contributed by atoms with E-state index in [1.165, 1.54) is 4.90 Å². The number of hydrogen-bond donors (Lipinski definition) is 3. The number of nitrogens with two attached hydrogens (primary N) is 1. The number of nitrogens with zero attached hydrogens (tertiary/aromatic N) is 3. The second kappa shape index (κ2) is 16.0. The third-order valence-electron chi connectivity index (χ3n) is 10.5. The fourth-order valence-corrected chi connectivity index (χ4v) is 8.22. The summed E-state index contributed by atoms with van der Waals surface area (Å²) in [6.45, 7) is 6.96. The predicted molar refractivity (Wildman–Crippen MR) is 206 cm³/mol. The minimum absolute atomic E-state index is 0.0231. The molecule has 296 valence electrons. The van der Waals surface area contributed by atoms with E-state index in [0.29, 0.717) is 37.9 Å². The van der Waals surface area contributed by atoms with Crippen LogP contribution >= 0.6 is 0 Å². The van der Waals surface area contributed by atoms with Gasteiger partial charge in [-0.05, 0) is 96.4 Å². The number of ether oxygens (including phenoxy) is 2. The zero-order valence-electron chi connectivity index (χ0n) is 31.9. The van der Waals surface area contributed by atoms with Crippen molar-refractivity contribution in [2.45, 2.75) is 114 Å². The van der Waals surface area contributed by atoms with E-state index in [1.807, 2.05) is 65.3 Å². The van der Waals surface area contributed by atoms with Crippen LogP contribution in [-0.2, 0) is 29.1 Å². The SMILES string of the molecule is CC(C)(C)OC(=O)N[C@@H](CCCCC/C=C\C1C[C@@H]1C(=O)NS(=O)(=O)C1(C)CC1)C(=O)N1C[C@H](Oc2ccc3c(c2)ncn3-c2ccccc2)C[C@H]1C(N)=O. The number of sulfonamides is 1. The Bertz CT molecular complexity index is 2040. The van der Waals surface area contributed by atoms with E-state index in [9.17, 15) is 27.6 Å². The lowest BCUT2D eigenvalue weighted by Crippen LogP contribution is -2.53. The van der Waals surface area contributed by atoms with Gasteiger partial charge in [0.2, 0.25) is 27.7 Å². The average Bonchev–Trinajstić information content (AvgIpc) is 3.98. The highest BCUT2D eigenvalue weighted by Gasteiger charge is 2.52. The number of alkyl carbamates (subject to hydrolysis) is 1. The number of rotatable bonds is 16. The molecule has 1 saturated heterocycles. The van der Waals surface area contributed by atoms with Gasteiger partial charge < -0.3 is 25.4 Å². The van der Waals surface area contributed by atoms with Gasteiger partial charge in [0.1, 0.15) is 35.9 Å². The Labute approximate surface area is 322 Å². The third-order valence-corrected chi connectivity index (χ3v) is 12.7. The van der Waals surface area contributed by atoms with Crippen molar-refractivity contribution in [2.24, 2.45) is 17.6 Å². The first-order valence-corrected chi connectivity index (χ1v) is 20.5. The summed E-state index contributed by atoms with van der Waals surface area (Å²) < 4.78 is 39.9. The van der Waals surface area contributed by atoms with Crippen molar-refractivity contribution in [1.82, 2.24) is 24.5 Å². The summed E-state index contributed by atoms with van der Waals surface area (Å²) in [6, 6.07) is 13.5. The average molecular weight is 777 g/mol. The monoisotopic (exact) mass is 776 g/mol. The normalized spacial score (nSPS) is 22.3. The van der Waals surface area contributed by atoms with Crippen molar-refractivity contribution in [3.05, 3.63) is 67.0 Å². The molecule has 1 aromatic heterocycles. The van der Waals surface area contributed by atoms with Crippen molar-refractivity contribution < 1.29 is 37.1 Å². The van der Waals surface area contributed by atoms with Crippen LogP contribution in [0.15, 0.2) is 67.0 Å². The van der Waals surface area contributed by atoms with Crippen LogP contribution in [-0.4, -0.2) is 81.8 Å². The van der Waals surface area contributed by atoms with Crippen molar-refractivity contribution in [3.8, 4) is 11.4 Å². The van der Waals surface area contributed by atoms with Crippen LogP contribution in [0.2, 0.25) is 0 Å². The number of nitrogens with one attached hydrogen (secondary N) is 2. The number of carbonyl (C=O) groups is 4. The minimum Gasteiger partial charge on any atom is -0.488 e. The summed E-state index contributed by atoms with van der Waals surface area (Å²) in [7, 11) is -3.64. The molecular weight excluding hydrogens is 725 g/mol. The van der Waals surface area contributed by atoms with Crippen LogP contribution in [0.3, 0.4) is 0 Å². The molecule has 6 rings (SSSR count). The molecule has 4 amide bonds. The van der Waals surface area contributed by atoms with Crippen LogP contribution in [0.4, 0.5) is 4.79 Å². The first-order valence-electron chi connectivity index (χ1n) is 19.0. The number of allylic oxidation sites excluding steroid dienone is 2. The van der Waals surface area contributed by atoms with E-state index in [0.717, 1.165) is 36.0 Å². The summed E-state index contributed by atoms with van der Waals surface area (Å²) in [5.41, 5.74) is 7.62. The molecule has 0 radical (unpaired) electrons. The number of para-hydroxylation sites is 1. The molecule has 4 N–H and O–H groups in total. The maximum absolute atomic E-state index is 14.0. The zero-order chi connectivity index (χ0) is 39.5. The predicted octanol–water partition coefficient (Wildman–Crippen LogP) is 4.89. The second-order valence-corrected chi connectivity index (χ2v) is 18.4. The number of fused-ring (bicyclic) bond motifs is 1. The lowest BCUT2D eigenvalue weighted by Gasteiger charge is -2.28. The summed E-state index contributed by atoms with van der Waals surface area (Å²) >= 11 is 0. The van der Waals surface area contributed by atoms with Crippen molar-refractivity contribution in [1.29, 1.82) is 0 Å². The van der Waals surface area contributed by atoms with E-state index < -0.39 is 62.4 Å². The quantitative estimate of drug-likeness (QED) is 0.134.